The summed E-state index contributed by atoms with van der Waals surface area (Å²) in [6.07, 6.45) is 1.69. The van der Waals surface area contributed by atoms with Gasteiger partial charge in [0.1, 0.15) is 12.4 Å². The van der Waals surface area contributed by atoms with E-state index in [1.807, 2.05) is 18.2 Å². The van der Waals surface area contributed by atoms with Crippen LogP contribution in [0.4, 0.5) is 0 Å². The maximum atomic E-state index is 6.06. The van der Waals surface area contributed by atoms with Gasteiger partial charge in [0.2, 0.25) is 0 Å². The first-order valence-corrected chi connectivity index (χ1v) is 5.36. The minimum absolute atomic E-state index is 0.478. The standard InChI is InChI=1S/C10H10BrClO/c1-2-6-13-9-5-3-4-8(7-11)10(9)12/h2-5H,1,6-7H2. The van der Waals surface area contributed by atoms with Crippen molar-refractivity contribution >= 4 is 27.5 Å². The van der Waals surface area contributed by atoms with Crippen molar-refractivity contribution in [3.63, 3.8) is 0 Å². The number of alkyl halides is 1. The highest BCUT2D eigenvalue weighted by Gasteiger charge is 2.04. The van der Waals surface area contributed by atoms with Crippen LogP contribution in [0.15, 0.2) is 30.9 Å². The smallest absolute Gasteiger partial charge is 0.138 e. The van der Waals surface area contributed by atoms with E-state index in [-0.39, 0.29) is 0 Å². The molecule has 0 N–H and O–H groups in total. The molecule has 0 radical (unpaired) electrons. The zero-order chi connectivity index (χ0) is 9.68. The Morgan fingerprint density at radius 2 is 2.31 bits per heavy atom. The van der Waals surface area contributed by atoms with Crippen molar-refractivity contribution in [2.75, 3.05) is 6.61 Å². The van der Waals surface area contributed by atoms with Crippen LogP contribution < -0.4 is 4.74 Å². The van der Waals surface area contributed by atoms with Gasteiger partial charge in [-0.15, -0.1) is 0 Å². The van der Waals surface area contributed by atoms with Gasteiger partial charge in [0.05, 0.1) is 5.02 Å². The Kier molecular flexibility index (Phi) is 4.33. The third-order valence-corrected chi connectivity index (χ3v) is 2.58. The molecule has 1 aromatic rings. The first kappa shape index (κ1) is 10.6. The lowest BCUT2D eigenvalue weighted by atomic mass is 10.2. The van der Waals surface area contributed by atoms with Crippen LogP contribution in [0.1, 0.15) is 5.56 Å². The lowest BCUT2D eigenvalue weighted by Crippen LogP contribution is -1.94. The highest BCUT2D eigenvalue weighted by atomic mass is 79.9. The number of hydrogen-bond donors (Lipinski definition) is 0. The van der Waals surface area contributed by atoms with E-state index in [0.717, 1.165) is 10.9 Å². The Balaban J connectivity index is 2.87. The van der Waals surface area contributed by atoms with E-state index in [9.17, 15) is 0 Å². The number of benzene rings is 1. The molecule has 0 spiro atoms. The van der Waals surface area contributed by atoms with Crippen molar-refractivity contribution in [1.82, 2.24) is 0 Å². The summed E-state index contributed by atoms with van der Waals surface area (Å²) in [5.41, 5.74) is 1.03. The molecule has 0 atom stereocenters. The van der Waals surface area contributed by atoms with Crippen LogP contribution in [0.25, 0.3) is 0 Å². The van der Waals surface area contributed by atoms with E-state index in [1.54, 1.807) is 6.08 Å². The topological polar surface area (TPSA) is 9.23 Å². The molecule has 0 aliphatic carbocycles. The van der Waals surface area contributed by atoms with Gasteiger partial charge in [0.15, 0.2) is 0 Å². The minimum Gasteiger partial charge on any atom is -0.488 e. The summed E-state index contributed by atoms with van der Waals surface area (Å²) in [5.74, 6) is 0.707. The van der Waals surface area contributed by atoms with Crippen LogP contribution in [-0.2, 0) is 5.33 Å². The van der Waals surface area contributed by atoms with Gasteiger partial charge in [-0.25, -0.2) is 0 Å². The molecule has 0 aliphatic rings. The Morgan fingerprint density at radius 3 is 2.92 bits per heavy atom. The van der Waals surface area contributed by atoms with Crippen LogP contribution in [0.3, 0.4) is 0 Å². The predicted molar refractivity (Wildman–Crippen MR) is 59.8 cm³/mol. The lowest BCUT2D eigenvalue weighted by Gasteiger charge is -2.07. The Labute approximate surface area is 91.5 Å². The lowest BCUT2D eigenvalue weighted by molar-refractivity contribution is 0.363. The largest absolute Gasteiger partial charge is 0.488 e. The molecule has 0 heterocycles. The van der Waals surface area contributed by atoms with Crippen LogP contribution >= 0.6 is 27.5 Å². The van der Waals surface area contributed by atoms with Crippen molar-refractivity contribution in [2.24, 2.45) is 0 Å². The number of ether oxygens (including phenoxy) is 1. The Bertz CT molecular complexity index is 299. The monoisotopic (exact) mass is 260 g/mol. The van der Waals surface area contributed by atoms with E-state index in [2.05, 4.69) is 22.5 Å². The summed E-state index contributed by atoms with van der Waals surface area (Å²) in [6.45, 7) is 4.05. The summed E-state index contributed by atoms with van der Waals surface area (Å²) >= 11 is 9.41. The zero-order valence-electron chi connectivity index (χ0n) is 7.09. The minimum atomic E-state index is 0.478. The first-order valence-electron chi connectivity index (χ1n) is 3.86. The van der Waals surface area contributed by atoms with Crippen LogP contribution in [0.5, 0.6) is 5.75 Å². The van der Waals surface area contributed by atoms with E-state index in [0.29, 0.717) is 17.4 Å². The van der Waals surface area contributed by atoms with E-state index in [4.69, 9.17) is 16.3 Å². The quantitative estimate of drug-likeness (QED) is 0.592. The summed E-state index contributed by atoms with van der Waals surface area (Å²) in [5, 5.41) is 1.40. The van der Waals surface area contributed by atoms with Gasteiger partial charge in [-0.1, -0.05) is 52.3 Å². The average Bonchev–Trinajstić information content (AvgIpc) is 2.16. The number of rotatable bonds is 4. The SMILES string of the molecule is C=CCOc1cccc(CBr)c1Cl. The average molecular weight is 262 g/mol. The van der Waals surface area contributed by atoms with E-state index < -0.39 is 0 Å². The first-order chi connectivity index (χ1) is 6.29. The Morgan fingerprint density at radius 1 is 1.54 bits per heavy atom. The van der Waals surface area contributed by atoms with E-state index >= 15 is 0 Å². The molecule has 3 heteroatoms. The highest BCUT2D eigenvalue weighted by molar-refractivity contribution is 9.08. The van der Waals surface area contributed by atoms with Crippen molar-refractivity contribution in [3.05, 3.63) is 41.4 Å². The molecule has 0 amide bonds. The summed E-state index contributed by atoms with van der Waals surface area (Å²) in [6, 6.07) is 5.72. The fraction of sp³-hybridized carbons (Fsp3) is 0.200. The van der Waals surface area contributed by atoms with Crippen molar-refractivity contribution in [3.8, 4) is 5.75 Å². The van der Waals surface area contributed by atoms with Crippen LogP contribution in [0, 0.1) is 0 Å². The molecule has 1 aromatic carbocycles. The second kappa shape index (κ2) is 5.30. The number of halogens is 2. The highest BCUT2D eigenvalue weighted by Crippen LogP contribution is 2.29. The molecule has 0 saturated heterocycles. The molecule has 0 aliphatic heterocycles. The molecular weight excluding hydrogens is 251 g/mol. The van der Waals surface area contributed by atoms with Crippen molar-refractivity contribution in [2.45, 2.75) is 5.33 Å². The maximum Gasteiger partial charge on any atom is 0.138 e. The van der Waals surface area contributed by atoms with Crippen molar-refractivity contribution < 1.29 is 4.74 Å². The molecule has 0 aromatic heterocycles. The summed E-state index contributed by atoms with van der Waals surface area (Å²) in [4.78, 5) is 0. The second-order valence-corrected chi connectivity index (χ2v) is 3.40. The second-order valence-electron chi connectivity index (χ2n) is 2.46. The Hall–Kier alpha value is -0.470. The molecular formula is C10H10BrClO. The predicted octanol–water partition coefficient (Wildman–Crippen LogP) is 3.80. The molecule has 13 heavy (non-hydrogen) atoms. The number of hydrogen-bond acceptors (Lipinski definition) is 1. The van der Waals surface area contributed by atoms with Crippen LogP contribution in [-0.4, -0.2) is 6.61 Å². The fourth-order valence-electron chi connectivity index (χ4n) is 0.920. The third kappa shape index (κ3) is 2.75. The molecule has 1 nitrogen and oxygen atoms in total. The van der Waals surface area contributed by atoms with E-state index in [1.165, 1.54) is 0 Å². The maximum absolute atomic E-state index is 6.06. The molecule has 0 bridgehead atoms. The zero-order valence-corrected chi connectivity index (χ0v) is 9.44. The summed E-state index contributed by atoms with van der Waals surface area (Å²) < 4.78 is 5.36. The molecule has 0 saturated carbocycles. The third-order valence-electron chi connectivity index (χ3n) is 1.54. The summed E-state index contributed by atoms with van der Waals surface area (Å²) in [7, 11) is 0. The van der Waals surface area contributed by atoms with Gasteiger partial charge in [0.25, 0.3) is 0 Å². The van der Waals surface area contributed by atoms with Crippen molar-refractivity contribution in [1.29, 1.82) is 0 Å². The van der Waals surface area contributed by atoms with Crippen LogP contribution in [0.2, 0.25) is 5.02 Å². The van der Waals surface area contributed by atoms with Gasteiger partial charge in [0, 0.05) is 5.33 Å². The van der Waals surface area contributed by atoms with Gasteiger partial charge < -0.3 is 4.74 Å². The van der Waals surface area contributed by atoms with Gasteiger partial charge in [-0.05, 0) is 11.6 Å². The van der Waals surface area contributed by atoms with Gasteiger partial charge >= 0.3 is 0 Å². The normalized spacial score (nSPS) is 9.69. The molecule has 0 fully saturated rings. The molecule has 70 valence electrons. The van der Waals surface area contributed by atoms with Gasteiger partial charge in [-0.3, -0.25) is 0 Å². The molecule has 0 unspecified atom stereocenters. The van der Waals surface area contributed by atoms with Gasteiger partial charge in [-0.2, -0.15) is 0 Å². The fourth-order valence-corrected chi connectivity index (χ4v) is 1.80. The molecule has 1 rings (SSSR count).